The van der Waals surface area contributed by atoms with Crippen LogP contribution in [0.5, 0.6) is 0 Å². The molecule has 2 rings (SSSR count). The van der Waals surface area contributed by atoms with Crippen molar-refractivity contribution >= 4 is 17.6 Å². The third-order valence-corrected chi connectivity index (χ3v) is 3.27. The molecule has 1 aliphatic carbocycles. The number of hydrogen-bond acceptors (Lipinski definition) is 6. The molecule has 1 fully saturated rings. The minimum absolute atomic E-state index is 0.108. The lowest BCUT2D eigenvalue weighted by molar-refractivity contribution is -0.138. The van der Waals surface area contributed by atoms with Gasteiger partial charge in [-0.25, -0.2) is 9.97 Å². The Hall–Kier alpha value is -1.85. The first-order chi connectivity index (χ1) is 9.28. The van der Waals surface area contributed by atoms with Gasteiger partial charge in [0, 0.05) is 12.1 Å². The van der Waals surface area contributed by atoms with Gasteiger partial charge >= 0.3 is 5.97 Å². The van der Waals surface area contributed by atoms with Gasteiger partial charge in [-0.1, -0.05) is 19.3 Å². The molecule has 0 unspecified atom stereocenters. The third-order valence-electron chi connectivity index (χ3n) is 3.27. The summed E-state index contributed by atoms with van der Waals surface area (Å²) >= 11 is 0. The molecule has 2 N–H and O–H groups in total. The second kappa shape index (κ2) is 6.92. The first kappa shape index (κ1) is 13.6. The summed E-state index contributed by atoms with van der Waals surface area (Å²) in [5.41, 5.74) is 0. The number of esters is 1. The second-order valence-corrected chi connectivity index (χ2v) is 4.70. The maximum atomic E-state index is 11.0. The molecule has 1 saturated carbocycles. The Balaban J connectivity index is 1.88. The minimum atomic E-state index is -0.319. The van der Waals surface area contributed by atoms with Crippen molar-refractivity contribution in [3.05, 3.63) is 12.4 Å². The Labute approximate surface area is 113 Å². The van der Waals surface area contributed by atoms with Crippen LogP contribution < -0.4 is 10.6 Å². The lowest BCUT2D eigenvalue weighted by Crippen LogP contribution is -2.23. The van der Waals surface area contributed by atoms with Crippen LogP contribution in [0.15, 0.2) is 12.4 Å². The number of hydrogen-bond donors (Lipinski definition) is 2. The zero-order chi connectivity index (χ0) is 13.5. The summed E-state index contributed by atoms with van der Waals surface area (Å²) in [5, 5.41) is 6.32. The number of anilines is 2. The fourth-order valence-corrected chi connectivity index (χ4v) is 2.22. The Morgan fingerprint density at radius 1 is 1.32 bits per heavy atom. The van der Waals surface area contributed by atoms with Gasteiger partial charge in [0.1, 0.15) is 24.5 Å². The lowest BCUT2D eigenvalue weighted by Gasteiger charge is -2.23. The normalized spacial score (nSPS) is 15.8. The van der Waals surface area contributed by atoms with Crippen molar-refractivity contribution in [2.75, 3.05) is 24.3 Å². The van der Waals surface area contributed by atoms with Crippen molar-refractivity contribution in [2.24, 2.45) is 0 Å². The zero-order valence-corrected chi connectivity index (χ0v) is 11.2. The zero-order valence-electron chi connectivity index (χ0n) is 11.2. The summed E-state index contributed by atoms with van der Waals surface area (Å²) in [6.07, 6.45) is 7.74. The van der Waals surface area contributed by atoms with E-state index in [1.165, 1.54) is 45.5 Å². The van der Waals surface area contributed by atoms with E-state index in [0.29, 0.717) is 11.9 Å². The second-order valence-electron chi connectivity index (χ2n) is 4.70. The van der Waals surface area contributed by atoms with Crippen LogP contribution in [0.3, 0.4) is 0 Å². The lowest BCUT2D eigenvalue weighted by atomic mass is 9.95. The van der Waals surface area contributed by atoms with Crippen LogP contribution >= 0.6 is 0 Å². The van der Waals surface area contributed by atoms with E-state index in [0.717, 1.165) is 5.82 Å². The molecule has 6 nitrogen and oxygen atoms in total. The van der Waals surface area contributed by atoms with Crippen LogP contribution in [-0.4, -0.2) is 35.6 Å². The van der Waals surface area contributed by atoms with Crippen LogP contribution in [-0.2, 0) is 9.53 Å². The van der Waals surface area contributed by atoms with Gasteiger partial charge in [-0.2, -0.15) is 0 Å². The molecule has 1 aromatic heterocycles. The van der Waals surface area contributed by atoms with E-state index in [4.69, 9.17) is 0 Å². The molecule has 1 aliphatic rings. The predicted molar refractivity (Wildman–Crippen MR) is 73.0 cm³/mol. The number of ether oxygens (including phenoxy) is 1. The first-order valence-electron chi connectivity index (χ1n) is 6.67. The quantitative estimate of drug-likeness (QED) is 0.790. The number of methoxy groups -OCH3 is 1. The highest BCUT2D eigenvalue weighted by atomic mass is 16.5. The molecule has 1 aromatic rings. The predicted octanol–water partition coefficient (Wildman–Crippen LogP) is 1.81. The fourth-order valence-electron chi connectivity index (χ4n) is 2.22. The molecule has 19 heavy (non-hydrogen) atoms. The SMILES string of the molecule is COC(=O)CNc1cc(NC2CCCCC2)ncn1. The smallest absolute Gasteiger partial charge is 0.325 e. The summed E-state index contributed by atoms with van der Waals surface area (Å²) in [5.74, 6) is 1.10. The number of aromatic nitrogens is 2. The monoisotopic (exact) mass is 264 g/mol. The van der Waals surface area contributed by atoms with Gasteiger partial charge in [-0.15, -0.1) is 0 Å². The summed E-state index contributed by atoms with van der Waals surface area (Å²) in [6.45, 7) is 0.108. The Bertz CT molecular complexity index is 419. The molecule has 0 bridgehead atoms. The number of carbonyl (C=O) groups is 1. The summed E-state index contributed by atoms with van der Waals surface area (Å²) < 4.78 is 4.56. The highest BCUT2D eigenvalue weighted by Crippen LogP contribution is 2.21. The van der Waals surface area contributed by atoms with Crippen LogP contribution in [0.1, 0.15) is 32.1 Å². The number of nitrogens with one attached hydrogen (secondary N) is 2. The molecule has 0 aromatic carbocycles. The highest BCUT2D eigenvalue weighted by Gasteiger charge is 2.13. The number of nitrogens with zero attached hydrogens (tertiary/aromatic N) is 2. The molecule has 6 heteroatoms. The van der Waals surface area contributed by atoms with Crippen LogP contribution in [0, 0.1) is 0 Å². The molecule has 0 amide bonds. The maximum Gasteiger partial charge on any atom is 0.325 e. The molecular weight excluding hydrogens is 244 g/mol. The van der Waals surface area contributed by atoms with Gasteiger partial charge in [-0.3, -0.25) is 4.79 Å². The van der Waals surface area contributed by atoms with Gasteiger partial charge in [-0.05, 0) is 12.8 Å². The van der Waals surface area contributed by atoms with Gasteiger partial charge in [0.15, 0.2) is 0 Å². The largest absolute Gasteiger partial charge is 0.468 e. The molecule has 0 atom stereocenters. The Kier molecular flexibility index (Phi) is 4.94. The molecule has 1 heterocycles. The Morgan fingerprint density at radius 3 is 2.79 bits per heavy atom. The molecule has 0 saturated heterocycles. The van der Waals surface area contributed by atoms with Gasteiger partial charge in [0.05, 0.1) is 7.11 Å². The highest BCUT2D eigenvalue weighted by molar-refractivity contribution is 5.74. The minimum Gasteiger partial charge on any atom is -0.468 e. The van der Waals surface area contributed by atoms with E-state index in [-0.39, 0.29) is 12.5 Å². The molecular formula is C13H20N4O2. The van der Waals surface area contributed by atoms with Crippen LogP contribution in [0.25, 0.3) is 0 Å². The van der Waals surface area contributed by atoms with Gasteiger partial charge in [0.2, 0.25) is 0 Å². The van der Waals surface area contributed by atoms with E-state index < -0.39 is 0 Å². The van der Waals surface area contributed by atoms with E-state index >= 15 is 0 Å². The fraction of sp³-hybridized carbons (Fsp3) is 0.615. The maximum absolute atomic E-state index is 11.0. The molecule has 0 spiro atoms. The average molecular weight is 264 g/mol. The standard InChI is InChI=1S/C13H20N4O2/c1-19-13(18)8-14-11-7-12(16-9-15-11)17-10-5-3-2-4-6-10/h7,9-10H,2-6,8H2,1H3,(H2,14,15,16,17). The first-order valence-corrected chi connectivity index (χ1v) is 6.67. The average Bonchev–Trinajstić information content (AvgIpc) is 2.46. The van der Waals surface area contributed by atoms with E-state index in [1.54, 1.807) is 0 Å². The van der Waals surface area contributed by atoms with E-state index in [1.807, 2.05) is 6.07 Å². The van der Waals surface area contributed by atoms with Crippen molar-refractivity contribution in [1.29, 1.82) is 0 Å². The van der Waals surface area contributed by atoms with Gasteiger partial charge < -0.3 is 15.4 Å². The Morgan fingerprint density at radius 2 is 2.05 bits per heavy atom. The van der Waals surface area contributed by atoms with E-state index in [2.05, 4.69) is 25.3 Å². The summed E-state index contributed by atoms with van der Waals surface area (Å²) in [6, 6.07) is 2.31. The van der Waals surface area contributed by atoms with Crippen molar-refractivity contribution < 1.29 is 9.53 Å². The van der Waals surface area contributed by atoms with Crippen LogP contribution in [0.2, 0.25) is 0 Å². The molecule has 0 aliphatic heterocycles. The van der Waals surface area contributed by atoms with Crippen molar-refractivity contribution in [1.82, 2.24) is 9.97 Å². The van der Waals surface area contributed by atoms with Crippen molar-refractivity contribution in [2.45, 2.75) is 38.1 Å². The number of carbonyl (C=O) groups excluding carboxylic acids is 1. The molecule has 104 valence electrons. The van der Waals surface area contributed by atoms with Gasteiger partial charge in [0.25, 0.3) is 0 Å². The summed E-state index contributed by atoms with van der Waals surface area (Å²) in [7, 11) is 1.36. The molecule has 0 radical (unpaired) electrons. The summed E-state index contributed by atoms with van der Waals surface area (Å²) in [4.78, 5) is 19.3. The van der Waals surface area contributed by atoms with Crippen molar-refractivity contribution in [3.63, 3.8) is 0 Å². The number of rotatable bonds is 5. The van der Waals surface area contributed by atoms with Crippen molar-refractivity contribution in [3.8, 4) is 0 Å². The van der Waals surface area contributed by atoms with E-state index in [9.17, 15) is 4.79 Å². The third kappa shape index (κ3) is 4.39. The van der Waals surface area contributed by atoms with Crippen LogP contribution in [0.4, 0.5) is 11.6 Å². The topological polar surface area (TPSA) is 76.1 Å².